The first kappa shape index (κ1) is 22.5. The van der Waals surface area contributed by atoms with Gasteiger partial charge in [0.15, 0.2) is 0 Å². The van der Waals surface area contributed by atoms with Gasteiger partial charge in [-0.25, -0.2) is 13.7 Å². The van der Waals surface area contributed by atoms with Crippen molar-refractivity contribution in [2.75, 3.05) is 5.32 Å². The monoisotopic (exact) mass is 392 g/mol. The molecule has 0 spiro atoms. The summed E-state index contributed by atoms with van der Waals surface area (Å²) in [4.78, 5) is 10.9. The Morgan fingerprint density at radius 2 is 1.69 bits per heavy atom. The summed E-state index contributed by atoms with van der Waals surface area (Å²) in [5.74, 6) is -3.62. The summed E-state index contributed by atoms with van der Waals surface area (Å²) in [5, 5.41) is 20.7. The Kier molecular flexibility index (Phi) is 6.54. The fraction of sp³-hybridized carbons (Fsp3) is 0.588. The van der Waals surface area contributed by atoms with Gasteiger partial charge < -0.3 is 10.2 Å². The smallest absolute Gasteiger partial charge is 0.409 e. The Morgan fingerprint density at radius 3 is 2.12 bits per heavy atom. The van der Waals surface area contributed by atoms with E-state index in [1.807, 2.05) is 5.32 Å². The molecule has 0 saturated heterocycles. The van der Waals surface area contributed by atoms with E-state index in [2.05, 4.69) is 4.72 Å². The topological polar surface area (TPSA) is 98.7 Å². The molecule has 1 aromatic rings. The molecule has 0 fully saturated rings. The van der Waals surface area contributed by atoms with Crippen molar-refractivity contribution < 1.29 is 28.0 Å². The lowest BCUT2D eigenvalue weighted by molar-refractivity contribution is -0.168. The van der Waals surface area contributed by atoms with Crippen LogP contribution in [-0.2, 0) is 16.9 Å². The summed E-state index contributed by atoms with van der Waals surface area (Å²) in [6.45, 7) is 8.87. The minimum atomic E-state index is -3.62. The number of rotatable bonds is 6. The number of nitrogens with one attached hydrogen (secondary N) is 2. The van der Waals surface area contributed by atoms with Gasteiger partial charge in [-0.15, -0.1) is 0 Å². The maximum atomic E-state index is 14.6. The number of aliphatic hydroxyl groups is 1. The number of benzene rings is 1. The van der Waals surface area contributed by atoms with Gasteiger partial charge in [-0.2, -0.15) is 8.78 Å². The molecule has 1 aromatic carbocycles. The first-order valence-corrected chi connectivity index (χ1v) is 9.14. The van der Waals surface area contributed by atoms with E-state index >= 15 is 0 Å². The highest BCUT2D eigenvalue weighted by molar-refractivity contribution is 7.84. The van der Waals surface area contributed by atoms with Crippen molar-refractivity contribution in [3.63, 3.8) is 0 Å². The van der Waals surface area contributed by atoms with Gasteiger partial charge in [0.05, 0.1) is 15.7 Å². The molecule has 148 valence electrons. The van der Waals surface area contributed by atoms with Crippen molar-refractivity contribution in [2.24, 2.45) is 0 Å². The largest absolute Gasteiger partial charge is 0.465 e. The van der Waals surface area contributed by atoms with Crippen molar-refractivity contribution in [2.45, 2.75) is 63.9 Å². The van der Waals surface area contributed by atoms with Crippen LogP contribution in [0.2, 0.25) is 0 Å². The standard InChI is InChI=1S/C17H26F2N2O4S/c1-10(21-26(25)15(2,3)4)11-7-12(17(18,19)16(5,6)24)9-13(8-11)20-14(22)23/h7-10,20-21,24H,1-6H3,(H,22,23)/t10-,26?/m1/s1. The Morgan fingerprint density at radius 1 is 1.15 bits per heavy atom. The lowest BCUT2D eigenvalue weighted by atomic mass is 9.91. The Balaban J connectivity index is 3.37. The number of hydrogen-bond donors (Lipinski definition) is 4. The molecule has 1 amide bonds. The third kappa shape index (κ3) is 5.46. The van der Waals surface area contributed by atoms with Crippen LogP contribution < -0.4 is 10.0 Å². The molecular weight excluding hydrogens is 366 g/mol. The summed E-state index contributed by atoms with van der Waals surface area (Å²) in [7, 11) is -1.45. The molecule has 0 radical (unpaired) electrons. The van der Waals surface area contributed by atoms with E-state index in [0.717, 1.165) is 19.9 Å². The second-order valence-electron chi connectivity index (χ2n) is 7.63. The predicted octanol–water partition coefficient (Wildman–Crippen LogP) is 3.75. The molecule has 0 aliphatic heterocycles. The number of alkyl halides is 2. The minimum Gasteiger partial charge on any atom is -0.465 e. The highest BCUT2D eigenvalue weighted by Gasteiger charge is 2.47. The van der Waals surface area contributed by atoms with Crippen LogP contribution in [0.3, 0.4) is 0 Å². The number of carbonyl (C=O) groups is 1. The Hall–Kier alpha value is -1.58. The number of carboxylic acid groups (broad SMARTS) is 1. The molecule has 2 atom stereocenters. The highest BCUT2D eigenvalue weighted by Crippen LogP contribution is 2.40. The molecule has 1 rings (SSSR count). The minimum absolute atomic E-state index is 0.0656. The van der Waals surface area contributed by atoms with Crippen LogP contribution in [0.25, 0.3) is 0 Å². The van der Waals surface area contributed by atoms with Crippen molar-refractivity contribution in [3.8, 4) is 0 Å². The van der Waals surface area contributed by atoms with Crippen LogP contribution in [0.4, 0.5) is 19.3 Å². The van der Waals surface area contributed by atoms with Gasteiger partial charge in [-0.3, -0.25) is 5.32 Å². The number of anilines is 1. The molecule has 0 bridgehead atoms. The second-order valence-corrected chi connectivity index (χ2v) is 9.63. The molecule has 0 aliphatic rings. The van der Waals surface area contributed by atoms with E-state index in [9.17, 15) is 22.9 Å². The van der Waals surface area contributed by atoms with Gasteiger partial charge in [0, 0.05) is 17.3 Å². The van der Waals surface area contributed by atoms with E-state index in [0.29, 0.717) is 5.56 Å². The Bertz CT molecular complexity index is 697. The van der Waals surface area contributed by atoms with E-state index in [-0.39, 0.29) is 5.69 Å². The summed E-state index contributed by atoms with van der Waals surface area (Å²) < 4.78 is 43.7. The summed E-state index contributed by atoms with van der Waals surface area (Å²) >= 11 is 0. The molecule has 4 N–H and O–H groups in total. The van der Waals surface area contributed by atoms with Gasteiger partial charge in [-0.1, -0.05) is 0 Å². The molecule has 1 unspecified atom stereocenters. The summed E-state index contributed by atoms with van der Waals surface area (Å²) in [5.41, 5.74) is -2.64. The average molecular weight is 392 g/mol. The van der Waals surface area contributed by atoms with Crippen LogP contribution in [0.15, 0.2) is 18.2 Å². The van der Waals surface area contributed by atoms with Crippen LogP contribution >= 0.6 is 0 Å². The van der Waals surface area contributed by atoms with Crippen LogP contribution in [0.5, 0.6) is 0 Å². The van der Waals surface area contributed by atoms with Gasteiger partial charge in [0.25, 0.3) is 0 Å². The van der Waals surface area contributed by atoms with Crippen molar-refractivity contribution in [1.29, 1.82) is 0 Å². The maximum absolute atomic E-state index is 14.6. The van der Waals surface area contributed by atoms with Gasteiger partial charge in [0.2, 0.25) is 0 Å². The molecule has 0 saturated carbocycles. The van der Waals surface area contributed by atoms with Gasteiger partial charge >= 0.3 is 12.0 Å². The molecule has 0 aliphatic carbocycles. The van der Waals surface area contributed by atoms with Crippen molar-refractivity contribution in [1.82, 2.24) is 4.72 Å². The normalized spacial score (nSPS) is 15.4. The number of amides is 1. The zero-order valence-electron chi connectivity index (χ0n) is 15.7. The van der Waals surface area contributed by atoms with Crippen LogP contribution in [0, 0.1) is 0 Å². The lowest BCUT2D eigenvalue weighted by Gasteiger charge is -2.30. The predicted molar refractivity (Wildman–Crippen MR) is 97.7 cm³/mol. The molecular formula is C17H26F2N2O4S. The number of hydrogen-bond acceptors (Lipinski definition) is 3. The number of halogens is 2. The summed E-state index contributed by atoms with van der Waals surface area (Å²) in [6, 6.07) is 2.93. The molecule has 26 heavy (non-hydrogen) atoms. The van der Waals surface area contributed by atoms with Crippen LogP contribution in [-0.4, -0.2) is 30.9 Å². The van der Waals surface area contributed by atoms with E-state index in [4.69, 9.17) is 5.11 Å². The van der Waals surface area contributed by atoms with E-state index in [1.165, 1.54) is 12.1 Å². The maximum Gasteiger partial charge on any atom is 0.409 e. The third-order valence-corrected chi connectivity index (χ3v) is 5.36. The zero-order valence-corrected chi connectivity index (χ0v) is 16.5. The van der Waals surface area contributed by atoms with Crippen molar-refractivity contribution in [3.05, 3.63) is 29.3 Å². The SMILES string of the molecule is C[C@@H](NS(=O)C(C)(C)C)c1cc(NC(=O)O)cc(C(F)(F)C(C)(C)O)c1. The Labute approximate surface area is 154 Å². The van der Waals surface area contributed by atoms with Gasteiger partial charge in [0.1, 0.15) is 5.60 Å². The highest BCUT2D eigenvalue weighted by atomic mass is 32.2. The second kappa shape index (κ2) is 7.58. The van der Waals surface area contributed by atoms with Crippen LogP contribution in [0.1, 0.15) is 58.7 Å². The first-order chi connectivity index (χ1) is 11.6. The molecule has 0 heterocycles. The first-order valence-electron chi connectivity index (χ1n) is 7.99. The quantitative estimate of drug-likeness (QED) is 0.592. The zero-order chi connectivity index (χ0) is 20.5. The fourth-order valence-electron chi connectivity index (χ4n) is 2.04. The molecule has 0 aromatic heterocycles. The molecule has 6 nitrogen and oxygen atoms in total. The lowest BCUT2D eigenvalue weighted by Crippen LogP contribution is -2.40. The summed E-state index contributed by atoms with van der Waals surface area (Å²) in [6.07, 6.45) is -1.40. The van der Waals surface area contributed by atoms with E-state index in [1.54, 1.807) is 27.7 Å². The van der Waals surface area contributed by atoms with Gasteiger partial charge in [-0.05, 0) is 65.3 Å². The van der Waals surface area contributed by atoms with E-state index < -0.39 is 45.0 Å². The molecule has 9 heteroatoms. The van der Waals surface area contributed by atoms with Crippen molar-refractivity contribution >= 4 is 22.8 Å². The average Bonchev–Trinajstić information content (AvgIpc) is 2.43. The third-order valence-electron chi connectivity index (χ3n) is 3.68. The fourth-order valence-corrected chi connectivity index (χ4v) is 2.85.